The van der Waals surface area contributed by atoms with Gasteiger partial charge in [0.2, 0.25) is 0 Å². The molecule has 0 aromatic heterocycles. The second-order valence-corrected chi connectivity index (χ2v) is 7.13. The van der Waals surface area contributed by atoms with Crippen LogP contribution in [0, 0.1) is 0 Å². The molecule has 2 rings (SSSR count). The molecule has 0 aliphatic heterocycles. The average Bonchev–Trinajstić information content (AvgIpc) is 2.44. The first-order chi connectivity index (χ1) is 10.2. The Kier molecular flexibility index (Phi) is 6.99. The monoisotopic (exact) mass is 419 g/mol. The summed E-state index contributed by atoms with van der Waals surface area (Å²) in [5.74, 6) is 0.877. The van der Waals surface area contributed by atoms with Crippen LogP contribution >= 0.6 is 31.9 Å². The van der Waals surface area contributed by atoms with Crippen molar-refractivity contribution in [3.63, 3.8) is 0 Å². The van der Waals surface area contributed by atoms with Gasteiger partial charge in [0.15, 0.2) is 0 Å². The summed E-state index contributed by atoms with van der Waals surface area (Å²) in [7, 11) is 0. The van der Waals surface area contributed by atoms with Gasteiger partial charge in [-0.15, -0.1) is 0 Å². The maximum absolute atomic E-state index is 6.12. The molecule has 21 heavy (non-hydrogen) atoms. The van der Waals surface area contributed by atoms with E-state index >= 15 is 0 Å². The summed E-state index contributed by atoms with van der Waals surface area (Å²) >= 11 is 7.00. The summed E-state index contributed by atoms with van der Waals surface area (Å²) in [5, 5.41) is 3.54. The third kappa shape index (κ3) is 4.68. The van der Waals surface area contributed by atoms with E-state index in [1.165, 1.54) is 0 Å². The van der Waals surface area contributed by atoms with Gasteiger partial charge in [-0.05, 0) is 53.5 Å². The lowest BCUT2D eigenvalue weighted by atomic mass is 9.85. The lowest BCUT2D eigenvalue weighted by Crippen LogP contribution is -2.61. The molecule has 0 saturated heterocycles. The molecule has 118 valence electrons. The molecule has 0 radical (unpaired) electrons. The second kappa shape index (κ2) is 8.51. The van der Waals surface area contributed by atoms with Crippen LogP contribution in [0.1, 0.15) is 33.1 Å². The lowest BCUT2D eigenvalue weighted by molar-refractivity contribution is -0.108. The van der Waals surface area contributed by atoms with Crippen LogP contribution < -0.4 is 10.1 Å². The Morgan fingerprint density at radius 1 is 1.24 bits per heavy atom. The smallest absolute Gasteiger partial charge is 0.134 e. The van der Waals surface area contributed by atoms with Crippen LogP contribution in [-0.4, -0.2) is 31.4 Å². The van der Waals surface area contributed by atoms with E-state index in [-0.39, 0.29) is 12.2 Å². The number of halogens is 2. The van der Waals surface area contributed by atoms with Crippen LogP contribution in [-0.2, 0) is 4.74 Å². The lowest BCUT2D eigenvalue weighted by Gasteiger charge is -2.44. The van der Waals surface area contributed by atoms with E-state index in [1.54, 1.807) is 0 Å². The molecule has 1 aliphatic carbocycles. The molecule has 5 heteroatoms. The Morgan fingerprint density at radius 3 is 2.71 bits per heavy atom. The van der Waals surface area contributed by atoms with Gasteiger partial charge < -0.3 is 14.8 Å². The van der Waals surface area contributed by atoms with E-state index in [1.807, 2.05) is 18.2 Å². The van der Waals surface area contributed by atoms with Crippen molar-refractivity contribution in [3.8, 4) is 5.75 Å². The minimum atomic E-state index is 0.128. The van der Waals surface area contributed by atoms with E-state index in [4.69, 9.17) is 9.47 Å². The molecular weight excluding hydrogens is 398 g/mol. The molecule has 0 spiro atoms. The van der Waals surface area contributed by atoms with Crippen LogP contribution in [0.15, 0.2) is 27.1 Å². The largest absolute Gasteiger partial charge is 0.486 e. The maximum Gasteiger partial charge on any atom is 0.134 e. The molecule has 3 atom stereocenters. The van der Waals surface area contributed by atoms with Crippen molar-refractivity contribution in [2.24, 2.45) is 0 Å². The first kappa shape index (κ1) is 17.3. The zero-order valence-electron chi connectivity index (χ0n) is 12.6. The first-order valence-corrected chi connectivity index (χ1v) is 9.21. The molecule has 1 aromatic rings. The van der Waals surface area contributed by atoms with Gasteiger partial charge in [-0.25, -0.2) is 0 Å². The van der Waals surface area contributed by atoms with Crippen molar-refractivity contribution >= 4 is 31.9 Å². The van der Waals surface area contributed by atoms with Crippen LogP contribution in [0.2, 0.25) is 0 Å². The second-order valence-electron chi connectivity index (χ2n) is 5.36. The van der Waals surface area contributed by atoms with E-state index in [9.17, 15) is 0 Å². The van der Waals surface area contributed by atoms with Crippen molar-refractivity contribution in [1.82, 2.24) is 5.32 Å². The van der Waals surface area contributed by atoms with Crippen molar-refractivity contribution in [1.29, 1.82) is 0 Å². The normalized spacial score (nSPS) is 24.7. The summed E-state index contributed by atoms with van der Waals surface area (Å²) in [6.45, 7) is 6.14. The Hall–Kier alpha value is -0.100. The van der Waals surface area contributed by atoms with Gasteiger partial charge in [-0.2, -0.15) is 0 Å². The summed E-state index contributed by atoms with van der Waals surface area (Å²) in [6, 6.07) is 6.39. The summed E-state index contributed by atoms with van der Waals surface area (Å²) in [4.78, 5) is 0. The molecule has 0 heterocycles. The van der Waals surface area contributed by atoms with Gasteiger partial charge in [-0.3, -0.25) is 0 Å². The summed E-state index contributed by atoms with van der Waals surface area (Å²) in [6.07, 6.45) is 3.44. The zero-order chi connectivity index (χ0) is 15.2. The van der Waals surface area contributed by atoms with Gasteiger partial charge in [0.1, 0.15) is 18.0 Å². The van der Waals surface area contributed by atoms with Crippen LogP contribution in [0.3, 0.4) is 0 Å². The highest BCUT2D eigenvalue weighted by Gasteiger charge is 2.43. The molecule has 0 bridgehead atoms. The van der Waals surface area contributed by atoms with E-state index < -0.39 is 0 Å². The van der Waals surface area contributed by atoms with Gasteiger partial charge in [-0.1, -0.05) is 29.8 Å². The topological polar surface area (TPSA) is 30.5 Å². The Labute approximate surface area is 144 Å². The Morgan fingerprint density at radius 2 is 2.05 bits per heavy atom. The molecule has 1 aromatic carbocycles. The molecule has 0 amide bonds. The molecule has 3 nitrogen and oxygen atoms in total. The molecular formula is C16H23Br2NO2. The highest BCUT2D eigenvalue weighted by molar-refractivity contribution is 9.11. The van der Waals surface area contributed by atoms with Crippen LogP contribution in [0.4, 0.5) is 0 Å². The van der Waals surface area contributed by atoms with Gasteiger partial charge in [0, 0.05) is 23.5 Å². The van der Waals surface area contributed by atoms with Crippen molar-refractivity contribution in [3.05, 3.63) is 27.1 Å². The van der Waals surface area contributed by atoms with Crippen LogP contribution in [0.5, 0.6) is 5.75 Å². The fourth-order valence-corrected chi connectivity index (χ4v) is 3.58. The number of nitrogens with one attached hydrogen (secondary N) is 1. The minimum absolute atomic E-state index is 0.128. The molecule has 1 saturated carbocycles. The SMILES string of the molecule is CCCNC1CC(Oc2ccc(Br)cc2Br)C1OCCC. The third-order valence-electron chi connectivity index (χ3n) is 3.59. The standard InChI is InChI=1S/C16H23Br2NO2/c1-3-7-19-13-10-15(16(13)20-8-4-2)21-14-6-5-11(17)9-12(14)18/h5-6,9,13,15-16,19H,3-4,7-8,10H2,1-2H3. The van der Waals surface area contributed by atoms with E-state index in [2.05, 4.69) is 51.0 Å². The molecule has 1 aliphatic rings. The Balaban J connectivity index is 1.95. The highest BCUT2D eigenvalue weighted by Crippen LogP contribution is 2.34. The fraction of sp³-hybridized carbons (Fsp3) is 0.625. The van der Waals surface area contributed by atoms with Crippen molar-refractivity contribution in [2.75, 3.05) is 13.2 Å². The fourth-order valence-electron chi connectivity index (χ4n) is 2.44. The maximum atomic E-state index is 6.12. The van der Waals surface area contributed by atoms with E-state index in [0.717, 1.165) is 47.1 Å². The van der Waals surface area contributed by atoms with Crippen LogP contribution in [0.25, 0.3) is 0 Å². The van der Waals surface area contributed by atoms with E-state index in [0.29, 0.717) is 6.04 Å². The molecule has 1 fully saturated rings. The number of benzene rings is 1. The quantitative estimate of drug-likeness (QED) is 0.670. The number of ether oxygens (including phenoxy) is 2. The minimum Gasteiger partial charge on any atom is -0.486 e. The number of rotatable bonds is 8. The summed E-state index contributed by atoms with van der Waals surface area (Å²) < 4.78 is 14.1. The van der Waals surface area contributed by atoms with Gasteiger partial charge in [0.25, 0.3) is 0 Å². The average molecular weight is 421 g/mol. The molecule has 1 N–H and O–H groups in total. The van der Waals surface area contributed by atoms with Gasteiger partial charge >= 0.3 is 0 Å². The summed E-state index contributed by atoms with van der Waals surface area (Å²) in [5.41, 5.74) is 0. The predicted octanol–water partition coefficient (Wildman–Crippen LogP) is 4.53. The first-order valence-electron chi connectivity index (χ1n) is 7.62. The number of hydrogen-bond acceptors (Lipinski definition) is 3. The predicted molar refractivity (Wildman–Crippen MR) is 93.0 cm³/mol. The van der Waals surface area contributed by atoms with Crippen molar-refractivity contribution in [2.45, 2.75) is 51.4 Å². The highest BCUT2D eigenvalue weighted by atomic mass is 79.9. The van der Waals surface area contributed by atoms with Crippen molar-refractivity contribution < 1.29 is 9.47 Å². The number of hydrogen-bond donors (Lipinski definition) is 1. The third-order valence-corrected chi connectivity index (χ3v) is 4.71. The van der Waals surface area contributed by atoms with Gasteiger partial charge in [0.05, 0.1) is 4.47 Å². The molecule has 3 unspecified atom stereocenters. The zero-order valence-corrected chi connectivity index (χ0v) is 15.7. The Bertz CT molecular complexity index is 456.